The predicted octanol–water partition coefficient (Wildman–Crippen LogP) is 2.77. The Bertz CT molecular complexity index is 661. The molecule has 7 heteroatoms. The quantitative estimate of drug-likeness (QED) is 0.665. The lowest BCUT2D eigenvalue weighted by Gasteiger charge is -2.05. The average Bonchev–Trinajstić information content (AvgIpc) is 2.81. The molecule has 7 nitrogen and oxygen atoms in total. The zero-order valence-electron chi connectivity index (χ0n) is 10.5. The summed E-state index contributed by atoms with van der Waals surface area (Å²) in [5, 5.41) is 19.7. The maximum atomic E-state index is 11.0. The molecule has 20 heavy (non-hydrogen) atoms. The molecule has 0 unspecified atom stereocenters. The molecule has 0 atom stereocenters. The number of hydrogen-bond acceptors (Lipinski definition) is 5. The van der Waals surface area contributed by atoms with Gasteiger partial charge < -0.3 is 14.3 Å². The van der Waals surface area contributed by atoms with Crippen LogP contribution in [0.2, 0.25) is 0 Å². The second-order valence-corrected chi connectivity index (χ2v) is 4.04. The van der Waals surface area contributed by atoms with Crippen LogP contribution in [0.3, 0.4) is 0 Å². The summed E-state index contributed by atoms with van der Waals surface area (Å²) >= 11 is 0. The van der Waals surface area contributed by atoms with Gasteiger partial charge >= 0.3 is 5.97 Å². The summed E-state index contributed by atoms with van der Waals surface area (Å²) in [7, 11) is 0. The Balaban J connectivity index is 2.18. The lowest BCUT2D eigenvalue weighted by atomic mass is 10.1. The Labute approximate surface area is 113 Å². The fourth-order valence-corrected chi connectivity index (χ4v) is 1.65. The van der Waals surface area contributed by atoms with Crippen molar-refractivity contribution in [3.8, 4) is 5.75 Å². The molecule has 0 amide bonds. The maximum absolute atomic E-state index is 11.0. The lowest BCUT2D eigenvalue weighted by molar-refractivity contribution is -0.385. The highest BCUT2D eigenvalue weighted by Gasteiger charge is 2.20. The smallest absolute Gasteiger partial charge is 0.342 e. The van der Waals surface area contributed by atoms with Crippen LogP contribution in [0.5, 0.6) is 5.75 Å². The number of rotatable bonds is 5. The molecule has 0 fully saturated rings. The van der Waals surface area contributed by atoms with Crippen molar-refractivity contribution in [1.82, 2.24) is 0 Å². The molecule has 0 saturated carbocycles. The van der Waals surface area contributed by atoms with Gasteiger partial charge in [0.2, 0.25) is 0 Å². The van der Waals surface area contributed by atoms with Crippen molar-refractivity contribution < 1.29 is 24.0 Å². The summed E-state index contributed by atoms with van der Waals surface area (Å²) in [6.45, 7) is 1.91. The number of benzene rings is 1. The van der Waals surface area contributed by atoms with Crippen molar-refractivity contribution in [3.05, 3.63) is 57.5 Å². The fraction of sp³-hybridized carbons (Fsp3) is 0.154. The summed E-state index contributed by atoms with van der Waals surface area (Å²) < 4.78 is 10.6. The number of aryl methyl sites for hydroxylation is 1. The van der Waals surface area contributed by atoms with Gasteiger partial charge in [0.05, 0.1) is 4.92 Å². The summed E-state index contributed by atoms with van der Waals surface area (Å²) in [6.07, 6.45) is 0. The number of carboxylic acid groups (broad SMARTS) is 1. The van der Waals surface area contributed by atoms with E-state index in [-0.39, 0.29) is 12.4 Å². The second-order valence-electron chi connectivity index (χ2n) is 4.04. The molecule has 1 heterocycles. The van der Waals surface area contributed by atoms with Gasteiger partial charge in [0.1, 0.15) is 29.4 Å². The molecular weight excluding hydrogens is 266 g/mol. The third-order valence-electron chi connectivity index (χ3n) is 2.57. The lowest BCUT2D eigenvalue weighted by Crippen LogP contribution is -2.03. The molecule has 0 bridgehead atoms. The monoisotopic (exact) mass is 277 g/mol. The molecule has 1 aromatic carbocycles. The molecule has 0 aliphatic carbocycles. The third kappa shape index (κ3) is 2.94. The van der Waals surface area contributed by atoms with Crippen LogP contribution < -0.4 is 4.74 Å². The molecule has 0 aliphatic heterocycles. The Morgan fingerprint density at radius 1 is 1.40 bits per heavy atom. The van der Waals surface area contributed by atoms with E-state index in [1.54, 1.807) is 19.1 Å². The van der Waals surface area contributed by atoms with Crippen molar-refractivity contribution >= 4 is 11.7 Å². The predicted molar refractivity (Wildman–Crippen MR) is 67.8 cm³/mol. The number of ether oxygens (including phenoxy) is 1. The number of nitro groups is 1. The van der Waals surface area contributed by atoms with Crippen LogP contribution in [0.1, 0.15) is 21.9 Å². The van der Waals surface area contributed by atoms with Gasteiger partial charge in [-0.2, -0.15) is 0 Å². The van der Waals surface area contributed by atoms with Crippen molar-refractivity contribution in [1.29, 1.82) is 0 Å². The number of carbonyl (C=O) groups is 1. The van der Waals surface area contributed by atoms with E-state index in [2.05, 4.69) is 0 Å². The molecular formula is C13H11NO6. The molecule has 1 N–H and O–H groups in total. The number of aromatic carboxylic acids is 1. The van der Waals surface area contributed by atoms with Crippen LogP contribution in [0.15, 0.2) is 34.7 Å². The van der Waals surface area contributed by atoms with Crippen molar-refractivity contribution in [2.24, 2.45) is 0 Å². The van der Waals surface area contributed by atoms with E-state index in [4.69, 9.17) is 14.3 Å². The van der Waals surface area contributed by atoms with Gasteiger partial charge in [0, 0.05) is 12.1 Å². The Morgan fingerprint density at radius 3 is 2.70 bits per heavy atom. The van der Waals surface area contributed by atoms with E-state index in [9.17, 15) is 14.9 Å². The Hall–Kier alpha value is -2.83. The number of nitro benzene ring substituents is 1. The minimum absolute atomic E-state index is 0.116. The van der Waals surface area contributed by atoms with E-state index in [1.807, 2.05) is 0 Å². The van der Waals surface area contributed by atoms with Gasteiger partial charge in [-0.1, -0.05) is 0 Å². The number of furan rings is 1. The van der Waals surface area contributed by atoms with Crippen LogP contribution in [0, 0.1) is 17.0 Å². The molecule has 2 rings (SSSR count). The van der Waals surface area contributed by atoms with Crippen molar-refractivity contribution in [2.45, 2.75) is 13.5 Å². The summed E-state index contributed by atoms with van der Waals surface area (Å²) in [5.41, 5.74) is -0.887. The fourth-order valence-electron chi connectivity index (χ4n) is 1.65. The van der Waals surface area contributed by atoms with Crippen LogP contribution in [-0.2, 0) is 6.61 Å². The van der Waals surface area contributed by atoms with Crippen LogP contribution >= 0.6 is 0 Å². The third-order valence-corrected chi connectivity index (χ3v) is 2.57. The number of carboxylic acids is 1. The SMILES string of the molecule is Cc1ccc(COc2ccc([N+](=O)[O-])c(C(=O)O)c2)o1. The van der Waals surface area contributed by atoms with Crippen LogP contribution in [0.25, 0.3) is 0 Å². The topological polar surface area (TPSA) is 103 Å². The zero-order chi connectivity index (χ0) is 14.7. The Kier molecular flexibility index (Phi) is 3.69. The van der Waals surface area contributed by atoms with E-state index < -0.39 is 22.1 Å². The van der Waals surface area contributed by atoms with E-state index in [0.29, 0.717) is 5.76 Å². The highest BCUT2D eigenvalue weighted by Crippen LogP contribution is 2.24. The molecule has 2 aromatic rings. The van der Waals surface area contributed by atoms with Crippen molar-refractivity contribution in [2.75, 3.05) is 0 Å². The first-order chi connectivity index (χ1) is 9.47. The largest absolute Gasteiger partial charge is 0.486 e. The normalized spacial score (nSPS) is 10.2. The molecule has 1 aromatic heterocycles. The Morgan fingerprint density at radius 2 is 2.15 bits per heavy atom. The second kappa shape index (κ2) is 5.43. The molecule has 104 valence electrons. The highest BCUT2D eigenvalue weighted by molar-refractivity contribution is 5.92. The average molecular weight is 277 g/mol. The molecule has 0 aliphatic rings. The minimum atomic E-state index is -1.38. The molecule has 0 saturated heterocycles. The maximum Gasteiger partial charge on any atom is 0.342 e. The first-order valence-electron chi connectivity index (χ1n) is 5.67. The standard InChI is InChI=1S/C13H11NO6/c1-8-2-3-10(20-8)7-19-9-4-5-12(14(17)18)11(6-9)13(15)16/h2-6H,7H2,1H3,(H,15,16). The van der Waals surface area contributed by atoms with E-state index >= 15 is 0 Å². The van der Waals surface area contributed by atoms with Crippen LogP contribution in [0.4, 0.5) is 5.69 Å². The molecule has 0 spiro atoms. The summed E-state index contributed by atoms with van der Waals surface area (Å²) in [4.78, 5) is 20.9. The van der Waals surface area contributed by atoms with Crippen LogP contribution in [-0.4, -0.2) is 16.0 Å². The zero-order valence-corrected chi connectivity index (χ0v) is 10.5. The summed E-state index contributed by atoms with van der Waals surface area (Å²) in [5.74, 6) is 0.161. The number of nitrogens with zero attached hydrogens (tertiary/aromatic N) is 1. The first kappa shape index (κ1) is 13.6. The van der Waals surface area contributed by atoms with E-state index in [1.165, 1.54) is 6.07 Å². The van der Waals surface area contributed by atoms with Gasteiger partial charge in [-0.3, -0.25) is 10.1 Å². The molecule has 0 radical (unpaired) electrons. The minimum Gasteiger partial charge on any atom is -0.486 e. The van der Waals surface area contributed by atoms with Crippen molar-refractivity contribution in [3.63, 3.8) is 0 Å². The van der Waals surface area contributed by atoms with Gasteiger partial charge in [-0.05, 0) is 25.1 Å². The van der Waals surface area contributed by atoms with Gasteiger partial charge in [0.15, 0.2) is 0 Å². The first-order valence-corrected chi connectivity index (χ1v) is 5.67. The summed E-state index contributed by atoms with van der Waals surface area (Å²) in [6, 6.07) is 7.08. The number of hydrogen-bond donors (Lipinski definition) is 1. The highest BCUT2D eigenvalue weighted by atomic mass is 16.6. The van der Waals surface area contributed by atoms with Gasteiger partial charge in [-0.25, -0.2) is 4.79 Å². The van der Waals surface area contributed by atoms with Gasteiger partial charge in [0.25, 0.3) is 5.69 Å². The van der Waals surface area contributed by atoms with Gasteiger partial charge in [-0.15, -0.1) is 0 Å². The van der Waals surface area contributed by atoms with E-state index in [0.717, 1.165) is 17.9 Å².